The summed E-state index contributed by atoms with van der Waals surface area (Å²) in [5, 5.41) is 12.3. The molecule has 5 heteroatoms. The first-order chi connectivity index (χ1) is 8.17. The minimum absolute atomic E-state index is 0.418. The molecule has 0 amide bonds. The van der Waals surface area contributed by atoms with Crippen LogP contribution in [0.1, 0.15) is 26.7 Å². The Kier molecular flexibility index (Phi) is 6.47. The van der Waals surface area contributed by atoms with Crippen molar-refractivity contribution in [3.8, 4) is 0 Å². The molecule has 2 N–H and O–H groups in total. The van der Waals surface area contributed by atoms with E-state index in [9.17, 15) is 4.79 Å². The number of nitrogens with one attached hydrogen (secondary N) is 1. The Morgan fingerprint density at radius 3 is 2.71 bits per heavy atom. The van der Waals surface area contributed by atoms with Crippen molar-refractivity contribution in [1.29, 1.82) is 0 Å². The molecule has 0 heterocycles. The number of carboxylic acid groups (broad SMARTS) is 1. The van der Waals surface area contributed by atoms with Crippen molar-refractivity contribution in [1.82, 2.24) is 10.2 Å². The first-order valence-electron chi connectivity index (χ1n) is 6.46. The van der Waals surface area contributed by atoms with E-state index in [2.05, 4.69) is 10.2 Å². The normalized spacial score (nSPS) is 17.4. The number of carbonyl (C=O) groups is 1. The minimum atomic E-state index is -0.758. The van der Waals surface area contributed by atoms with Gasteiger partial charge in [-0.3, -0.25) is 9.69 Å². The Balaban J connectivity index is 2.30. The molecular formula is C12H24N2O3. The van der Waals surface area contributed by atoms with Crippen LogP contribution in [-0.2, 0) is 9.53 Å². The molecule has 1 atom stereocenters. The molecule has 1 fully saturated rings. The SMILES string of the molecule is CCOCCN(CC)CC(NC1CC1)C(=O)O. The van der Waals surface area contributed by atoms with E-state index in [4.69, 9.17) is 9.84 Å². The van der Waals surface area contributed by atoms with Gasteiger partial charge in [0.2, 0.25) is 0 Å². The Labute approximate surface area is 103 Å². The molecule has 0 aromatic heterocycles. The van der Waals surface area contributed by atoms with Crippen LogP contribution in [0, 0.1) is 0 Å². The van der Waals surface area contributed by atoms with Gasteiger partial charge in [0, 0.05) is 25.7 Å². The van der Waals surface area contributed by atoms with Crippen LogP contribution in [0.5, 0.6) is 0 Å². The smallest absolute Gasteiger partial charge is 0.322 e. The standard InChI is InChI=1S/C12H24N2O3/c1-3-14(7-8-17-4-2)9-11(12(15)16)13-10-5-6-10/h10-11,13H,3-9H2,1-2H3,(H,15,16). The first kappa shape index (κ1) is 14.4. The lowest BCUT2D eigenvalue weighted by Crippen LogP contribution is -2.47. The van der Waals surface area contributed by atoms with Crippen molar-refractivity contribution in [2.45, 2.75) is 38.8 Å². The molecule has 0 radical (unpaired) electrons. The van der Waals surface area contributed by atoms with Gasteiger partial charge in [0.1, 0.15) is 6.04 Å². The maximum atomic E-state index is 11.1. The summed E-state index contributed by atoms with van der Waals surface area (Å²) in [6, 6.07) is -0.0363. The maximum Gasteiger partial charge on any atom is 0.322 e. The van der Waals surface area contributed by atoms with Crippen molar-refractivity contribution >= 4 is 5.97 Å². The van der Waals surface area contributed by atoms with Crippen LogP contribution >= 0.6 is 0 Å². The molecule has 0 bridgehead atoms. The third-order valence-electron chi connectivity index (χ3n) is 2.96. The number of likely N-dealkylation sites (N-methyl/N-ethyl adjacent to an activating group) is 1. The summed E-state index contributed by atoms with van der Waals surface area (Å²) >= 11 is 0. The molecule has 0 aromatic carbocycles. The second-order valence-corrected chi connectivity index (χ2v) is 4.42. The Morgan fingerprint density at radius 1 is 1.53 bits per heavy atom. The predicted molar refractivity (Wildman–Crippen MR) is 66.2 cm³/mol. The van der Waals surface area contributed by atoms with E-state index in [1.165, 1.54) is 0 Å². The monoisotopic (exact) mass is 244 g/mol. The van der Waals surface area contributed by atoms with E-state index in [1.807, 2.05) is 13.8 Å². The summed E-state index contributed by atoms with van der Waals surface area (Å²) in [5.74, 6) is -0.758. The van der Waals surface area contributed by atoms with Gasteiger partial charge >= 0.3 is 5.97 Å². The van der Waals surface area contributed by atoms with Crippen molar-refractivity contribution in [2.24, 2.45) is 0 Å². The summed E-state index contributed by atoms with van der Waals surface area (Å²) in [5.41, 5.74) is 0. The number of hydrogen-bond donors (Lipinski definition) is 2. The number of rotatable bonds is 10. The molecule has 1 unspecified atom stereocenters. The maximum absolute atomic E-state index is 11.1. The van der Waals surface area contributed by atoms with Crippen molar-refractivity contribution in [2.75, 3.05) is 32.8 Å². The van der Waals surface area contributed by atoms with E-state index in [1.54, 1.807) is 0 Å². The molecular weight excluding hydrogens is 220 g/mol. The fraction of sp³-hybridized carbons (Fsp3) is 0.917. The minimum Gasteiger partial charge on any atom is -0.480 e. The third kappa shape index (κ3) is 6.00. The summed E-state index contributed by atoms with van der Waals surface area (Å²) in [4.78, 5) is 13.2. The van der Waals surface area contributed by atoms with Gasteiger partial charge in [-0.25, -0.2) is 0 Å². The number of hydrogen-bond acceptors (Lipinski definition) is 4. The Bertz CT molecular complexity index is 232. The lowest BCUT2D eigenvalue weighted by atomic mass is 10.2. The van der Waals surface area contributed by atoms with Crippen LogP contribution in [0.4, 0.5) is 0 Å². The first-order valence-corrected chi connectivity index (χ1v) is 6.46. The van der Waals surface area contributed by atoms with Crippen LogP contribution in [-0.4, -0.2) is 60.9 Å². The number of nitrogens with zero attached hydrogens (tertiary/aromatic N) is 1. The lowest BCUT2D eigenvalue weighted by molar-refractivity contribution is -0.140. The average molecular weight is 244 g/mol. The fourth-order valence-corrected chi connectivity index (χ4v) is 1.71. The summed E-state index contributed by atoms with van der Waals surface area (Å²) < 4.78 is 5.29. The summed E-state index contributed by atoms with van der Waals surface area (Å²) in [6.45, 7) is 7.58. The van der Waals surface area contributed by atoms with Crippen LogP contribution < -0.4 is 5.32 Å². The third-order valence-corrected chi connectivity index (χ3v) is 2.96. The second-order valence-electron chi connectivity index (χ2n) is 4.42. The lowest BCUT2D eigenvalue weighted by Gasteiger charge is -2.24. The highest BCUT2D eigenvalue weighted by atomic mass is 16.5. The molecule has 17 heavy (non-hydrogen) atoms. The highest BCUT2D eigenvalue weighted by Crippen LogP contribution is 2.19. The molecule has 0 aliphatic heterocycles. The van der Waals surface area contributed by atoms with Gasteiger partial charge < -0.3 is 15.2 Å². The summed E-state index contributed by atoms with van der Waals surface area (Å²) in [7, 11) is 0. The van der Waals surface area contributed by atoms with Crippen LogP contribution in [0.25, 0.3) is 0 Å². The largest absolute Gasteiger partial charge is 0.480 e. The molecule has 0 aromatic rings. The quantitative estimate of drug-likeness (QED) is 0.550. The van der Waals surface area contributed by atoms with Gasteiger partial charge in [-0.2, -0.15) is 0 Å². The number of aliphatic carboxylic acids is 1. The molecule has 1 aliphatic carbocycles. The second kappa shape index (κ2) is 7.63. The van der Waals surface area contributed by atoms with Crippen LogP contribution in [0.3, 0.4) is 0 Å². The topological polar surface area (TPSA) is 61.8 Å². The van der Waals surface area contributed by atoms with Crippen LogP contribution in [0.15, 0.2) is 0 Å². The molecule has 1 rings (SSSR count). The van der Waals surface area contributed by atoms with E-state index in [-0.39, 0.29) is 0 Å². The molecule has 0 spiro atoms. The molecule has 100 valence electrons. The predicted octanol–water partition coefficient (Wildman–Crippen LogP) is 0.550. The van der Waals surface area contributed by atoms with Gasteiger partial charge in [-0.15, -0.1) is 0 Å². The molecule has 5 nitrogen and oxygen atoms in total. The molecule has 0 saturated heterocycles. The van der Waals surface area contributed by atoms with Crippen molar-refractivity contribution < 1.29 is 14.6 Å². The number of ether oxygens (including phenoxy) is 1. The fourth-order valence-electron chi connectivity index (χ4n) is 1.71. The Hall–Kier alpha value is -0.650. The van der Waals surface area contributed by atoms with E-state index in [0.29, 0.717) is 25.8 Å². The van der Waals surface area contributed by atoms with Gasteiger partial charge in [0.15, 0.2) is 0 Å². The van der Waals surface area contributed by atoms with Crippen LogP contribution in [0.2, 0.25) is 0 Å². The van der Waals surface area contributed by atoms with Gasteiger partial charge in [0.25, 0.3) is 0 Å². The Morgan fingerprint density at radius 2 is 2.24 bits per heavy atom. The van der Waals surface area contributed by atoms with E-state index < -0.39 is 12.0 Å². The zero-order valence-electron chi connectivity index (χ0n) is 10.8. The molecule has 1 saturated carbocycles. The average Bonchev–Trinajstić information content (AvgIpc) is 3.10. The van der Waals surface area contributed by atoms with E-state index >= 15 is 0 Å². The van der Waals surface area contributed by atoms with Gasteiger partial charge in [-0.1, -0.05) is 6.92 Å². The van der Waals surface area contributed by atoms with Gasteiger partial charge in [-0.05, 0) is 26.3 Å². The van der Waals surface area contributed by atoms with Crippen molar-refractivity contribution in [3.63, 3.8) is 0 Å². The highest BCUT2D eigenvalue weighted by Gasteiger charge is 2.29. The zero-order chi connectivity index (χ0) is 12.7. The summed E-state index contributed by atoms with van der Waals surface area (Å²) in [6.07, 6.45) is 2.21. The van der Waals surface area contributed by atoms with E-state index in [0.717, 1.165) is 25.9 Å². The molecule has 1 aliphatic rings. The zero-order valence-corrected chi connectivity index (χ0v) is 10.8. The van der Waals surface area contributed by atoms with Gasteiger partial charge in [0.05, 0.1) is 6.61 Å². The highest BCUT2D eigenvalue weighted by molar-refractivity contribution is 5.73. The number of carboxylic acids is 1. The van der Waals surface area contributed by atoms with Crippen molar-refractivity contribution in [3.05, 3.63) is 0 Å².